The van der Waals surface area contributed by atoms with Gasteiger partial charge in [0.2, 0.25) is 0 Å². The van der Waals surface area contributed by atoms with Crippen LogP contribution in [0.5, 0.6) is 0 Å². The Balaban J connectivity index is 2.28. The molecule has 0 spiro atoms. The lowest BCUT2D eigenvalue weighted by Crippen LogP contribution is -2.13. The van der Waals surface area contributed by atoms with Crippen molar-refractivity contribution < 1.29 is 4.79 Å². The third kappa shape index (κ3) is 3.68. The van der Waals surface area contributed by atoms with Crippen LogP contribution in [-0.4, -0.2) is 10.9 Å². The largest absolute Gasteiger partial charge is 0.399 e. The number of rotatable bonds is 2. The fourth-order valence-electron chi connectivity index (χ4n) is 1.45. The second-order valence-electron chi connectivity index (χ2n) is 3.72. The Morgan fingerprint density at radius 1 is 1.21 bits per heavy atom. The molecule has 1 heterocycles. The SMILES string of the molecule is Nc1cc(Br)cc(C(=O)Nc2cc(Br)cnc2Cl)c1. The molecule has 2 rings (SSSR count). The Morgan fingerprint density at radius 3 is 2.63 bits per heavy atom. The summed E-state index contributed by atoms with van der Waals surface area (Å²) in [4.78, 5) is 16.0. The molecule has 0 saturated carbocycles. The molecule has 1 amide bonds. The van der Waals surface area contributed by atoms with Crippen molar-refractivity contribution in [3.63, 3.8) is 0 Å². The Hall–Kier alpha value is -1.11. The molecule has 2 aromatic rings. The molecule has 7 heteroatoms. The van der Waals surface area contributed by atoms with Gasteiger partial charge in [0.05, 0.1) is 5.69 Å². The predicted octanol–water partition coefficient (Wildman–Crippen LogP) is 4.09. The number of benzene rings is 1. The molecule has 19 heavy (non-hydrogen) atoms. The molecule has 3 N–H and O–H groups in total. The summed E-state index contributed by atoms with van der Waals surface area (Å²) >= 11 is 12.5. The Labute approximate surface area is 131 Å². The molecule has 0 atom stereocenters. The molecular weight excluding hydrogens is 397 g/mol. The summed E-state index contributed by atoms with van der Waals surface area (Å²) in [6, 6.07) is 6.64. The molecule has 0 unspecified atom stereocenters. The number of anilines is 2. The lowest BCUT2D eigenvalue weighted by molar-refractivity contribution is 0.102. The van der Waals surface area contributed by atoms with Crippen LogP contribution in [0, 0.1) is 0 Å². The van der Waals surface area contributed by atoms with Gasteiger partial charge in [-0.2, -0.15) is 0 Å². The van der Waals surface area contributed by atoms with Gasteiger partial charge in [0.25, 0.3) is 5.91 Å². The number of nitrogens with two attached hydrogens (primary N) is 1. The number of pyridine rings is 1. The number of amides is 1. The molecule has 1 aromatic heterocycles. The van der Waals surface area contributed by atoms with Crippen molar-refractivity contribution in [1.82, 2.24) is 4.98 Å². The summed E-state index contributed by atoms with van der Waals surface area (Å²) in [5.74, 6) is -0.310. The zero-order valence-corrected chi connectivity index (χ0v) is 13.4. The minimum atomic E-state index is -0.310. The first-order chi connectivity index (χ1) is 8.95. The Morgan fingerprint density at radius 2 is 1.95 bits per heavy atom. The van der Waals surface area contributed by atoms with E-state index in [1.165, 1.54) is 0 Å². The zero-order chi connectivity index (χ0) is 14.0. The maximum Gasteiger partial charge on any atom is 0.255 e. The van der Waals surface area contributed by atoms with Gasteiger partial charge in [-0.25, -0.2) is 4.98 Å². The number of nitrogens with zero attached hydrogens (tertiary/aromatic N) is 1. The van der Waals surface area contributed by atoms with Gasteiger partial charge in [-0.1, -0.05) is 27.5 Å². The highest BCUT2D eigenvalue weighted by Crippen LogP contribution is 2.24. The number of carbonyl (C=O) groups is 1. The predicted molar refractivity (Wildman–Crippen MR) is 83.5 cm³/mol. The molecule has 98 valence electrons. The van der Waals surface area contributed by atoms with Crippen LogP contribution >= 0.6 is 43.5 Å². The smallest absolute Gasteiger partial charge is 0.255 e. The summed E-state index contributed by atoms with van der Waals surface area (Å²) in [6.07, 6.45) is 1.55. The average Bonchev–Trinajstić information content (AvgIpc) is 2.32. The van der Waals surface area contributed by atoms with Gasteiger partial charge in [0, 0.05) is 26.4 Å². The Kier molecular flexibility index (Phi) is 4.44. The highest BCUT2D eigenvalue weighted by atomic mass is 79.9. The number of hydrogen-bond acceptors (Lipinski definition) is 3. The fraction of sp³-hybridized carbons (Fsp3) is 0. The van der Waals surface area contributed by atoms with Crippen molar-refractivity contribution >= 4 is 60.7 Å². The summed E-state index contributed by atoms with van der Waals surface area (Å²) in [6.45, 7) is 0. The van der Waals surface area contributed by atoms with Crippen molar-refractivity contribution in [2.24, 2.45) is 0 Å². The number of halogens is 3. The zero-order valence-electron chi connectivity index (χ0n) is 9.45. The van der Waals surface area contributed by atoms with Gasteiger partial charge in [-0.15, -0.1) is 0 Å². The fourth-order valence-corrected chi connectivity index (χ4v) is 2.44. The van der Waals surface area contributed by atoms with Crippen LogP contribution in [0.1, 0.15) is 10.4 Å². The van der Waals surface area contributed by atoms with Crippen LogP contribution in [0.15, 0.2) is 39.4 Å². The molecule has 0 aliphatic carbocycles. The van der Waals surface area contributed by atoms with E-state index >= 15 is 0 Å². The van der Waals surface area contributed by atoms with Crippen molar-refractivity contribution in [2.45, 2.75) is 0 Å². The first-order valence-corrected chi connectivity index (χ1v) is 7.10. The number of nitrogens with one attached hydrogen (secondary N) is 1. The molecule has 0 aliphatic rings. The molecule has 1 aromatic carbocycles. The molecule has 0 fully saturated rings. The molecule has 4 nitrogen and oxygen atoms in total. The standard InChI is InChI=1S/C12H8Br2ClN3O/c13-7-1-6(2-9(16)3-7)12(19)18-10-4-8(14)5-17-11(10)15/h1-5H,16H2,(H,18,19). The van der Waals surface area contributed by atoms with Crippen LogP contribution in [0.4, 0.5) is 11.4 Å². The normalized spacial score (nSPS) is 10.3. The van der Waals surface area contributed by atoms with E-state index < -0.39 is 0 Å². The second kappa shape index (κ2) is 5.90. The van der Waals surface area contributed by atoms with Gasteiger partial charge in [-0.05, 0) is 40.2 Å². The van der Waals surface area contributed by atoms with Crippen LogP contribution in [-0.2, 0) is 0 Å². The molecule has 0 aliphatic heterocycles. The van der Waals surface area contributed by atoms with Crippen molar-refractivity contribution in [2.75, 3.05) is 11.1 Å². The quantitative estimate of drug-likeness (QED) is 0.584. The first kappa shape index (κ1) is 14.3. The van der Waals surface area contributed by atoms with Gasteiger partial charge in [0.1, 0.15) is 0 Å². The third-order valence-corrected chi connectivity index (χ3v) is 3.43. The monoisotopic (exact) mass is 403 g/mol. The lowest BCUT2D eigenvalue weighted by atomic mass is 10.2. The van der Waals surface area contributed by atoms with E-state index in [-0.39, 0.29) is 11.1 Å². The minimum absolute atomic E-state index is 0.222. The van der Waals surface area contributed by atoms with Gasteiger partial charge in [-0.3, -0.25) is 4.79 Å². The van der Waals surface area contributed by atoms with Gasteiger partial charge in [0.15, 0.2) is 5.15 Å². The number of nitrogen functional groups attached to an aromatic ring is 1. The third-order valence-electron chi connectivity index (χ3n) is 2.24. The lowest BCUT2D eigenvalue weighted by Gasteiger charge is -2.08. The minimum Gasteiger partial charge on any atom is -0.399 e. The van der Waals surface area contributed by atoms with Crippen LogP contribution < -0.4 is 11.1 Å². The summed E-state index contributed by atoms with van der Waals surface area (Å²) in [5, 5.41) is 2.90. The summed E-state index contributed by atoms with van der Waals surface area (Å²) < 4.78 is 1.46. The molecule has 0 radical (unpaired) electrons. The van der Waals surface area contributed by atoms with E-state index in [4.69, 9.17) is 17.3 Å². The molecule has 0 saturated heterocycles. The molecular formula is C12H8Br2ClN3O. The van der Waals surface area contributed by atoms with E-state index in [0.717, 1.165) is 8.95 Å². The van der Waals surface area contributed by atoms with Crippen molar-refractivity contribution in [1.29, 1.82) is 0 Å². The van der Waals surface area contributed by atoms with Crippen LogP contribution in [0.2, 0.25) is 5.15 Å². The Bertz CT molecular complexity index is 629. The van der Waals surface area contributed by atoms with Crippen molar-refractivity contribution in [3.8, 4) is 0 Å². The van der Waals surface area contributed by atoms with E-state index in [9.17, 15) is 4.79 Å². The topological polar surface area (TPSA) is 68.0 Å². The van der Waals surface area contributed by atoms with Gasteiger partial charge >= 0.3 is 0 Å². The van der Waals surface area contributed by atoms with E-state index in [1.54, 1.807) is 30.5 Å². The average molecular weight is 405 g/mol. The maximum absolute atomic E-state index is 12.1. The van der Waals surface area contributed by atoms with Crippen LogP contribution in [0.25, 0.3) is 0 Å². The summed E-state index contributed by atoms with van der Waals surface area (Å²) in [5.41, 5.74) is 7.05. The summed E-state index contributed by atoms with van der Waals surface area (Å²) in [7, 11) is 0. The van der Waals surface area contributed by atoms with E-state index in [0.29, 0.717) is 16.9 Å². The van der Waals surface area contributed by atoms with E-state index in [2.05, 4.69) is 42.2 Å². The number of aromatic nitrogens is 1. The first-order valence-electron chi connectivity index (χ1n) is 5.14. The highest BCUT2D eigenvalue weighted by molar-refractivity contribution is 9.10. The number of carbonyl (C=O) groups excluding carboxylic acids is 1. The maximum atomic E-state index is 12.1. The number of hydrogen-bond donors (Lipinski definition) is 2. The van der Waals surface area contributed by atoms with Crippen LogP contribution in [0.3, 0.4) is 0 Å². The highest BCUT2D eigenvalue weighted by Gasteiger charge is 2.11. The van der Waals surface area contributed by atoms with Gasteiger partial charge < -0.3 is 11.1 Å². The van der Waals surface area contributed by atoms with Crippen molar-refractivity contribution in [3.05, 3.63) is 50.1 Å². The second-order valence-corrected chi connectivity index (χ2v) is 5.91. The molecule has 0 bridgehead atoms. The van der Waals surface area contributed by atoms with E-state index in [1.807, 2.05) is 0 Å².